The molecule has 0 fully saturated rings. The molecule has 2 N–H and O–H groups in total. The smallest absolute Gasteiger partial charge is 0.308 e. The second-order valence-electron chi connectivity index (χ2n) is 6.03. The fourth-order valence-corrected chi connectivity index (χ4v) is 2.88. The molecule has 0 radical (unpaired) electrons. The summed E-state index contributed by atoms with van der Waals surface area (Å²) in [6.07, 6.45) is 0. The molecule has 3 rings (SSSR count). The maximum absolute atomic E-state index is 12.8. The van der Waals surface area contributed by atoms with E-state index in [4.69, 9.17) is 21.1 Å². The summed E-state index contributed by atoms with van der Waals surface area (Å²) in [7, 11) is 1.55. The van der Waals surface area contributed by atoms with Crippen molar-refractivity contribution in [3.8, 4) is 5.75 Å². The number of fused-ring (bicyclic) bond motifs is 1. The van der Waals surface area contributed by atoms with Crippen molar-refractivity contribution in [2.75, 3.05) is 12.4 Å². The molecule has 2 aromatic carbocycles. The van der Waals surface area contributed by atoms with Gasteiger partial charge in [-0.25, -0.2) is 0 Å². The van der Waals surface area contributed by atoms with Crippen molar-refractivity contribution in [1.82, 2.24) is 4.98 Å². The van der Waals surface area contributed by atoms with Gasteiger partial charge in [-0.2, -0.15) is 0 Å². The molecule has 1 aromatic heterocycles. The van der Waals surface area contributed by atoms with Crippen molar-refractivity contribution in [2.24, 2.45) is 0 Å². The highest BCUT2D eigenvalue weighted by Crippen LogP contribution is 2.28. The number of aromatic nitrogens is 1. The molecule has 0 aliphatic rings. The quantitative estimate of drug-likeness (QED) is 0.639. The first-order valence-electron chi connectivity index (χ1n) is 8.32. The Hall–Kier alpha value is -3.16. The van der Waals surface area contributed by atoms with Crippen LogP contribution < -0.4 is 15.6 Å². The zero-order valence-corrected chi connectivity index (χ0v) is 15.9. The van der Waals surface area contributed by atoms with Crippen LogP contribution in [0.1, 0.15) is 22.8 Å². The summed E-state index contributed by atoms with van der Waals surface area (Å²) in [6, 6.07) is 11.5. The third-order valence-electron chi connectivity index (χ3n) is 3.92. The number of nitrogens with one attached hydrogen (secondary N) is 2. The molecule has 7 nitrogen and oxygen atoms in total. The van der Waals surface area contributed by atoms with Gasteiger partial charge in [0.15, 0.2) is 5.75 Å². The van der Waals surface area contributed by atoms with Crippen LogP contribution >= 0.6 is 11.6 Å². The van der Waals surface area contributed by atoms with Gasteiger partial charge in [0.2, 0.25) is 0 Å². The second-order valence-corrected chi connectivity index (χ2v) is 6.46. The zero-order valence-electron chi connectivity index (χ0n) is 15.2. The summed E-state index contributed by atoms with van der Waals surface area (Å²) in [5, 5.41) is 3.54. The topological polar surface area (TPSA) is 97.5 Å². The highest BCUT2D eigenvalue weighted by atomic mass is 35.5. The van der Waals surface area contributed by atoms with Crippen LogP contribution in [0.2, 0.25) is 5.02 Å². The van der Waals surface area contributed by atoms with E-state index in [1.807, 2.05) is 0 Å². The molecular formula is C20H17ClN2O5. The van der Waals surface area contributed by atoms with Crippen LogP contribution in [-0.2, 0) is 16.1 Å². The number of hydrogen-bond donors (Lipinski definition) is 2. The number of amides is 1. The number of H-pyrrole nitrogens is 1. The molecule has 3 aromatic rings. The number of rotatable bonds is 5. The second kappa shape index (κ2) is 8.24. The van der Waals surface area contributed by atoms with Crippen molar-refractivity contribution < 1.29 is 19.1 Å². The van der Waals surface area contributed by atoms with Gasteiger partial charge in [-0.05, 0) is 42.0 Å². The van der Waals surface area contributed by atoms with Gasteiger partial charge in [-0.15, -0.1) is 0 Å². The van der Waals surface area contributed by atoms with E-state index in [0.717, 1.165) is 5.56 Å². The van der Waals surface area contributed by atoms with Crippen LogP contribution in [0.5, 0.6) is 5.75 Å². The SMILES string of the molecule is COCc1ccc2[nH]c(=O)c(C(=O)Nc3ccc(Cl)cc3)c(OC(C)=O)c2c1. The van der Waals surface area contributed by atoms with E-state index in [0.29, 0.717) is 28.2 Å². The Balaban J connectivity index is 2.14. The Kier molecular flexibility index (Phi) is 5.77. The van der Waals surface area contributed by atoms with Crippen LogP contribution in [0.3, 0.4) is 0 Å². The number of carbonyl (C=O) groups is 2. The standard InChI is InChI=1S/C20H17ClN2O5/c1-11(24)28-18-15-9-12(10-27-2)3-8-16(15)23-20(26)17(18)19(25)22-14-6-4-13(21)5-7-14/h3-9H,10H2,1-2H3,(H,22,25)(H,23,26). The maximum atomic E-state index is 12.8. The molecule has 0 spiro atoms. The Labute approximate surface area is 165 Å². The number of hydrogen-bond acceptors (Lipinski definition) is 5. The third-order valence-corrected chi connectivity index (χ3v) is 4.17. The molecular weight excluding hydrogens is 384 g/mol. The molecule has 0 bridgehead atoms. The maximum Gasteiger partial charge on any atom is 0.308 e. The summed E-state index contributed by atoms with van der Waals surface area (Å²) < 4.78 is 10.4. The summed E-state index contributed by atoms with van der Waals surface area (Å²) in [4.78, 5) is 39.7. The number of benzene rings is 2. The van der Waals surface area contributed by atoms with Crippen molar-refractivity contribution in [1.29, 1.82) is 0 Å². The highest BCUT2D eigenvalue weighted by Gasteiger charge is 2.22. The number of halogens is 1. The molecule has 0 saturated heterocycles. The van der Waals surface area contributed by atoms with Gasteiger partial charge in [-0.1, -0.05) is 17.7 Å². The lowest BCUT2D eigenvalue weighted by atomic mass is 10.1. The highest BCUT2D eigenvalue weighted by molar-refractivity contribution is 6.30. The van der Waals surface area contributed by atoms with Crippen molar-refractivity contribution in [2.45, 2.75) is 13.5 Å². The van der Waals surface area contributed by atoms with Gasteiger partial charge in [-0.3, -0.25) is 14.4 Å². The molecule has 0 unspecified atom stereocenters. The number of methoxy groups -OCH3 is 1. The first-order valence-corrected chi connectivity index (χ1v) is 8.70. The van der Waals surface area contributed by atoms with Crippen LogP contribution in [0.15, 0.2) is 47.3 Å². The van der Waals surface area contributed by atoms with Crippen LogP contribution in [0.4, 0.5) is 5.69 Å². The average molecular weight is 401 g/mol. The number of carbonyl (C=O) groups excluding carboxylic acids is 2. The van der Waals surface area contributed by atoms with E-state index in [1.54, 1.807) is 49.6 Å². The Morgan fingerprint density at radius 2 is 1.86 bits per heavy atom. The van der Waals surface area contributed by atoms with Crippen LogP contribution in [0, 0.1) is 0 Å². The van der Waals surface area contributed by atoms with Gasteiger partial charge in [0, 0.05) is 30.1 Å². The first kappa shape index (κ1) is 19.6. The molecule has 0 aliphatic heterocycles. The molecule has 0 aliphatic carbocycles. The molecule has 1 heterocycles. The average Bonchev–Trinajstić information content (AvgIpc) is 2.64. The van der Waals surface area contributed by atoms with Crippen LogP contribution in [0.25, 0.3) is 10.9 Å². The van der Waals surface area contributed by atoms with Gasteiger partial charge in [0.25, 0.3) is 11.5 Å². The Bertz CT molecular complexity index is 1110. The predicted molar refractivity (Wildman–Crippen MR) is 106 cm³/mol. The Morgan fingerprint density at radius 1 is 1.14 bits per heavy atom. The van der Waals surface area contributed by atoms with Crippen LogP contribution in [-0.4, -0.2) is 24.0 Å². The molecule has 0 saturated carbocycles. The van der Waals surface area contributed by atoms with Crippen molar-refractivity contribution in [3.63, 3.8) is 0 Å². The number of esters is 1. The van der Waals surface area contributed by atoms with Crippen molar-refractivity contribution in [3.05, 3.63) is 69.0 Å². The number of aromatic amines is 1. The fourth-order valence-electron chi connectivity index (χ4n) is 2.75. The van der Waals surface area contributed by atoms with Gasteiger partial charge in [0.05, 0.1) is 12.1 Å². The van der Waals surface area contributed by atoms with E-state index in [-0.39, 0.29) is 11.3 Å². The van der Waals surface area contributed by atoms with Gasteiger partial charge < -0.3 is 19.8 Å². The lowest BCUT2D eigenvalue weighted by Gasteiger charge is -2.13. The minimum absolute atomic E-state index is 0.101. The van der Waals surface area contributed by atoms with E-state index in [2.05, 4.69) is 10.3 Å². The Morgan fingerprint density at radius 3 is 2.50 bits per heavy atom. The third kappa shape index (κ3) is 4.21. The molecule has 8 heteroatoms. The van der Waals surface area contributed by atoms with E-state index >= 15 is 0 Å². The lowest BCUT2D eigenvalue weighted by molar-refractivity contribution is -0.131. The van der Waals surface area contributed by atoms with Crippen molar-refractivity contribution >= 4 is 40.1 Å². The first-order chi connectivity index (χ1) is 13.4. The normalized spacial score (nSPS) is 10.7. The molecule has 28 heavy (non-hydrogen) atoms. The predicted octanol–water partition coefficient (Wildman–Crippen LogP) is 3.51. The zero-order chi connectivity index (χ0) is 20.3. The molecule has 0 atom stereocenters. The van der Waals surface area contributed by atoms with Gasteiger partial charge in [0.1, 0.15) is 5.56 Å². The van der Waals surface area contributed by atoms with Gasteiger partial charge >= 0.3 is 5.97 Å². The molecule has 144 valence electrons. The minimum atomic E-state index is -0.709. The summed E-state index contributed by atoms with van der Waals surface area (Å²) in [5.74, 6) is -1.46. The van der Waals surface area contributed by atoms with E-state index in [9.17, 15) is 14.4 Å². The van der Waals surface area contributed by atoms with E-state index in [1.165, 1.54) is 6.92 Å². The summed E-state index contributed by atoms with van der Waals surface area (Å²) in [6.45, 7) is 1.52. The molecule has 1 amide bonds. The number of anilines is 1. The summed E-state index contributed by atoms with van der Waals surface area (Å²) in [5.41, 5.74) is 0.696. The summed E-state index contributed by atoms with van der Waals surface area (Å²) >= 11 is 5.84. The largest absolute Gasteiger partial charge is 0.425 e. The van der Waals surface area contributed by atoms with E-state index < -0.39 is 17.4 Å². The number of pyridine rings is 1. The lowest BCUT2D eigenvalue weighted by Crippen LogP contribution is -2.25. The number of ether oxygens (including phenoxy) is 2. The minimum Gasteiger partial charge on any atom is -0.425 e. The monoisotopic (exact) mass is 400 g/mol. The fraction of sp³-hybridized carbons (Fsp3) is 0.150.